The van der Waals surface area contributed by atoms with Crippen LogP contribution in [0.1, 0.15) is 46.0 Å². The van der Waals surface area contributed by atoms with Gasteiger partial charge in [-0.15, -0.1) is 0 Å². The van der Waals surface area contributed by atoms with Gasteiger partial charge < -0.3 is 0 Å². The van der Waals surface area contributed by atoms with Crippen LogP contribution in [-0.2, 0) is 6.42 Å². The molecule has 2 aromatic carbocycles. The molecule has 0 amide bonds. The first-order chi connectivity index (χ1) is 9.52. The number of carbonyl (C=O) groups excluding carboxylic acids is 1. The predicted molar refractivity (Wildman–Crippen MR) is 87.5 cm³/mol. The van der Waals surface area contributed by atoms with Crippen LogP contribution in [0, 0.1) is 13.8 Å². The third-order valence-electron chi connectivity index (χ3n) is 3.43. The van der Waals surface area contributed by atoms with E-state index in [-0.39, 0.29) is 5.78 Å². The zero-order chi connectivity index (χ0) is 14.7. The highest BCUT2D eigenvalue weighted by Gasteiger charge is 2.12. The number of carbonyl (C=O) groups is 1. The third-order valence-corrected chi connectivity index (χ3v) is 4.68. The molecule has 0 saturated carbocycles. The molecule has 20 heavy (non-hydrogen) atoms. The molecule has 0 aliphatic rings. The lowest BCUT2D eigenvalue weighted by Crippen LogP contribution is -2.03. The van der Waals surface area contributed by atoms with Gasteiger partial charge in [-0.1, -0.05) is 47.5 Å². The summed E-state index contributed by atoms with van der Waals surface area (Å²) < 4.78 is 1.08. The van der Waals surface area contributed by atoms with Crippen LogP contribution < -0.4 is 0 Å². The molecule has 0 aliphatic heterocycles. The number of hydrogen-bond donors (Lipinski definition) is 0. The van der Waals surface area contributed by atoms with Crippen LogP contribution in [0.4, 0.5) is 0 Å². The van der Waals surface area contributed by atoms with Gasteiger partial charge in [0.05, 0.1) is 0 Å². The van der Waals surface area contributed by atoms with Crippen molar-refractivity contribution in [2.24, 2.45) is 0 Å². The van der Waals surface area contributed by atoms with E-state index in [2.05, 4.69) is 28.9 Å². The van der Waals surface area contributed by atoms with Gasteiger partial charge in [0, 0.05) is 15.6 Å². The van der Waals surface area contributed by atoms with E-state index in [0.29, 0.717) is 0 Å². The Balaban J connectivity index is 2.38. The molecule has 0 spiro atoms. The average molecular weight is 331 g/mol. The molecule has 2 rings (SSSR count). The lowest BCUT2D eigenvalue weighted by Gasteiger charge is -2.08. The summed E-state index contributed by atoms with van der Waals surface area (Å²) in [4.78, 5) is 12.6. The van der Waals surface area contributed by atoms with Crippen LogP contribution >= 0.6 is 15.9 Å². The van der Waals surface area contributed by atoms with Crippen molar-refractivity contribution >= 4 is 21.7 Å². The van der Waals surface area contributed by atoms with Gasteiger partial charge in [-0.05, 0) is 55.2 Å². The maximum atomic E-state index is 12.6. The van der Waals surface area contributed by atoms with Gasteiger partial charge in [0.2, 0.25) is 0 Å². The van der Waals surface area contributed by atoms with Crippen molar-refractivity contribution in [1.29, 1.82) is 0 Å². The fourth-order valence-corrected chi connectivity index (χ4v) is 2.63. The SMILES string of the molecule is CCCc1cccc(C(=O)c2cc(C)c(Br)c(C)c2)c1. The summed E-state index contributed by atoms with van der Waals surface area (Å²) in [6.07, 6.45) is 2.10. The molecule has 0 fully saturated rings. The Hall–Kier alpha value is -1.41. The largest absolute Gasteiger partial charge is 0.289 e. The Morgan fingerprint density at radius 1 is 1.05 bits per heavy atom. The highest BCUT2D eigenvalue weighted by molar-refractivity contribution is 9.10. The lowest BCUT2D eigenvalue weighted by molar-refractivity contribution is 0.103. The fourth-order valence-electron chi connectivity index (χ4n) is 2.40. The normalized spacial score (nSPS) is 10.6. The quantitative estimate of drug-likeness (QED) is 0.699. The zero-order valence-corrected chi connectivity index (χ0v) is 13.8. The Morgan fingerprint density at radius 3 is 2.30 bits per heavy atom. The minimum Gasteiger partial charge on any atom is -0.289 e. The molecule has 0 saturated heterocycles. The maximum Gasteiger partial charge on any atom is 0.193 e. The number of rotatable bonds is 4. The van der Waals surface area contributed by atoms with E-state index < -0.39 is 0 Å². The van der Waals surface area contributed by atoms with Crippen molar-refractivity contribution in [3.05, 3.63) is 68.7 Å². The van der Waals surface area contributed by atoms with Gasteiger partial charge in [0.1, 0.15) is 0 Å². The third kappa shape index (κ3) is 3.18. The van der Waals surface area contributed by atoms with Gasteiger partial charge >= 0.3 is 0 Å². The molecular formula is C18H19BrO. The highest BCUT2D eigenvalue weighted by atomic mass is 79.9. The Kier molecular flexibility index (Phi) is 4.77. The van der Waals surface area contributed by atoms with Gasteiger partial charge in [-0.25, -0.2) is 0 Å². The minimum atomic E-state index is 0.0988. The summed E-state index contributed by atoms with van der Waals surface area (Å²) in [7, 11) is 0. The van der Waals surface area contributed by atoms with Crippen molar-refractivity contribution in [3.63, 3.8) is 0 Å². The second-order valence-electron chi connectivity index (χ2n) is 5.20. The van der Waals surface area contributed by atoms with Crippen molar-refractivity contribution in [3.8, 4) is 0 Å². The average Bonchev–Trinajstić information content (AvgIpc) is 2.44. The number of ketones is 1. The van der Waals surface area contributed by atoms with E-state index in [1.807, 2.05) is 44.2 Å². The van der Waals surface area contributed by atoms with E-state index in [9.17, 15) is 4.79 Å². The lowest BCUT2D eigenvalue weighted by atomic mass is 9.97. The van der Waals surface area contributed by atoms with Gasteiger partial charge in [0.25, 0.3) is 0 Å². The predicted octanol–water partition coefficient (Wildman–Crippen LogP) is 5.25. The first-order valence-electron chi connectivity index (χ1n) is 6.93. The van der Waals surface area contributed by atoms with Gasteiger partial charge in [-0.3, -0.25) is 4.79 Å². The molecule has 0 bridgehead atoms. The highest BCUT2D eigenvalue weighted by Crippen LogP contribution is 2.24. The molecule has 0 heterocycles. The van der Waals surface area contributed by atoms with Crippen LogP contribution in [-0.4, -0.2) is 5.78 Å². The van der Waals surface area contributed by atoms with Crippen molar-refractivity contribution < 1.29 is 4.79 Å². The van der Waals surface area contributed by atoms with Crippen molar-refractivity contribution in [2.75, 3.05) is 0 Å². The summed E-state index contributed by atoms with van der Waals surface area (Å²) >= 11 is 3.54. The van der Waals surface area contributed by atoms with Crippen molar-refractivity contribution in [1.82, 2.24) is 0 Å². The molecule has 0 aliphatic carbocycles. The van der Waals surface area contributed by atoms with Gasteiger partial charge in [0.15, 0.2) is 5.78 Å². The van der Waals surface area contributed by atoms with Crippen LogP contribution in [0.15, 0.2) is 40.9 Å². The van der Waals surface area contributed by atoms with Crippen LogP contribution in [0.5, 0.6) is 0 Å². The summed E-state index contributed by atoms with van der Waals surface area (Å²) in [5.41, 5.74) is 4.95. The molecule has 0 aromatic heterocycles. The molecule has 0 radical (unpaired) electrons. The number of benzene rings is 2. The maximum absolute atomic E-state index is 12.6. The first kappa shape index (κ1) is 15.0. The number of halogens is 1. The van der Waals surface area contributed by atoms with E-state index in [1.54, 1.807) is 0 Å². The summed E-state index contributed by atoms with van der Waals surface area (Å²) in [6.45, 7) is 6.18. The number of aryl methyl sites for hydroxylation is 3. The molecule has 0 unspecified atom stereocenters. The molecule has 0 N–H and O–H groups in total. The first-order valence-corrected chi connectivity index (χ1v) is 7.72. The molecule has 0 atom stereocenters. The van der Waals surface area contributed by atoms with E-state index in [0.717, 1.165) is 39.6 Å². The Labute approximate surface area is 129 Å². The van der Waals surface area contributed by atoms with Gasteiger partial charge in [-0.2, -0.15) is 0 Å². The second-order valence-corrected chi connectivity index (χ2v) is 6.00. The fraction of sp³-hybridized carbons (Fsp3) is 0.278. The Bertz CT molecular complexity index is 621. The monoisotopic (exact) mass is 330 g/mol. The summed E-state index contributed by atoms with van der Waals surface area (Å²) in [5.74, 6) is 0.0988. The van der Waals surface area contributed by atoms with Crippen LogP contribution in [0.25, 0.3) is 0 Å². The van der Waals surface area contributed by atoms with Crippen LogP contribution in [0.2, 0.25) is 0 Å². The summed E-state index contributed by atoms with van der Waals surface area (Å²) in [6, 6.07) is 11.9. The van der Waals surface area contributed by atoms with E-state index in [1.165, 1.54) is 5.56 Å². The molecule has 104 valence electrons. The minimum absolute atomic E-state index is 0.0988. The molecular weight excluding hydrogens is 312 g/mol. The number of hydrogen-bond acceptors (Lipinski definition) is 1. The molecule has 2 heteroatoms. The molecule has 1 nitrogen and oxygen atoms in total. The topological polar surface area (TPSA) is 17.1 Å². The van der Waals surface area contributed by atoms with Crippen LogP contribution in [0.3, 0.4) is 0 Å². The van der Waals surface area contributed by atoms with Crippen molar-refractivity contribution in [2.45, 2.75) is 33.6 Å². The second kappa shape index (κ2) is 6.36. The zero-order valence-electron chi connectivity index (χ0n) is 12.2. The smallest absolute Gasteiger partial charge is 0.193 e. The molecule has 2 aromatic rings. The standard InChI is InChI=1S/C18H19BrO/c1-4-6-14-7-5-8-15(11-14)18(20)16-9-12(2)17(19)13(3)10-16/h5,7-11H,4,6H2,1-3H3. The summed E-state index contributed by atoms with van der Waals surface area (Å²) in [5, 5.41) is 0. The Morgan fingerprint density at radius 2 is 1.70 bits per heavy atom. The van der Waals surface area contributed by atoms with E-state index in [4.69, 9.17) is 0 Å². The van der Waals surface area contributed by atoms with E-state index >= 15 is 0 Å².